The lowest BCUT2D eigenvalue weighted by molar-refractivity contribution is 0.389. The van der Waals surface area contributed by atoms with Crippen LogP contribution in [0.3, 0.4) is 0 Å². The fraction of sp³-hybridized carbons (Fsp3) is 0.0588. The second-order valence-electron chi connectivity index (χ2n) is 4.44. The highest BCUT2D eigenvalue weighted by molar-refractivity contribution is 6.17. The van der Waals surface area contributed by atoms with E-state index < -0.39 is 0 Å². The number of pyridine rings is 1. The Morgan fingerprint density at radius 2 is 1.81 bits per heavy atom. The number of aromatic nitrogens is 1. The van der Waals surface area contributed by atoms with Crippen LogP contribution in [0.15, 0.2) is 54.6 Å². The second-order valence-corrected chi connectivity index (χ2v) is 4.66. The lowest BCUT2D eigenvalue weighted by Crippen LogP contribution is -1.95. The zero-order chi connectivity index (χ0) is 14.7. The number of rotatable bonds is 3. The smallest absolute Gasteiger partial charge is 0.162 e. The van der Waals surface area contributed by atoms with Crippen molar-refractivity contribution < 1.29 is 4.74 Å². The summed E-state index contributed by atoms with van der Waals surface area (Å²) in [6.45, 7) is 0. The van der Waals surface area contributed by atoms with Crippen molar-refractivity contribution in [2.75, 3.05) is 6.07 Å². The molecule has 0 fully saturated rings. The Kier molecular flexibility index (Phi) is 3.72. The number of para-hydroxylation sites is 2. The van der Waals surface area contributed by atoms with Crippen LogP contribution in [-0.4, -0.2) is 11.1 Å². The van der Waals surface area contributed by atoms with Gasteiger partial charge in [0.1, 0.15) is 17.5 Å². The van der Waals surface area contributed by atoms with Gasteiger partial charge in [0.15, 0.2) is 6.07 Å². The molecule has 0 saturated carbocycles. The largest absolute Gasteiger partial charge is 0.477 e. The molecule has 0 unspecified atom stereocenters. The molecule has 4 heteroatoms. The molecule has 2 aromatic carbocycles. The fourth-order valence-electron chi connectivity index (χ4n) is 2.28. The van der Waals surface area contributed by atoms with Crippen molar-refractivity contribution in [2.45, 2.75) is 0 Å². The Balaban J connectivity index is 2.27. The number of benzene rings is 2. The standard InChI is InChI=1S/C17H11ClN2O/c18-11-21-17-8-4-2-6-13(17)14-9-12-5-1-3-7-15(12)20-16(14)10-19/h1-9H,11H2. The van der Waals surface area contributed by atoms with Crippen LogP contribution in [0.2, 0.25) is 0 Å². The molecular formula is C17H11ClN2O. The van der Waals surface area contributed by atoms with E-state index in [9.17, 15) is 5.26 Å². The number of nitriles is 1. The highest BCUT2D eigenvalue weighted by Gasteiger charge is 2.12. The monoisotopic (exact) mass is 294 g/mol. The van der Waals surface area contributed by atoms with E-state index in [0.29, 0.717) is 11.4 Å². The van der Waals surface area contributed by atoms with Crippen LogP contribution in [0.5, 0.6) is 5.75 Å². The SMILES string of the molecule is N#Cc1nc2ccccc2cc1-c1ccccc1OCCl. The van der Waals surface area contributed by atoms with Crippen molar-refractivity contribution in [3.63, 3.8) is 0 Å². The molecule has 0 radical (unpaired) electrons. The Morgan fingerprint density at radius 3 is 2.62 bits per heavy atom. The van der Waals surface area contributed by atoms with E-state index >= 15 is 0 Å². The molecule has 0 aliphatic heterocycles. The van der Waals surface area contributed by atoms with Crippen molar-refractivity contribution in [2.24, 2.45) is 0 Å². The van der Waals surface area contributed by atoms with Gasteiger partial charge in [-0.15, -0.1) is 0 Å². The summed E-state index contributed by atoms with van der Waals surface area (Å²) in [7, 11) is 0. The molecule has 3 aromatic rings. The molecule has 3 rings (SSSR count). The Morgan fingerprint density at radius 1 is 1.05 bits per heavy atom. The van der Waals surface area contributed by atoms with Gasteiger partial charge in [0, 0.05) is 16.5 Å². The molecule has 102 valence electrons. The summed E-state index contributed by atoms with van der Waals surface area (Å²) < 4.78 is 5.43. The molecule has 0 amide bonds. The van der Waals surface area contributed by atoms with Crippen LogP contribution in [-0.2, 0) is 0 Å². The minimum atomic E-state index is 0.0555. The summed E-state index contributed by atoms with van der Waals surface area (Å²) in [5.41, 5.74) is 2.73. The summed E-state index contributed by atoms with van der Waals surface area (Å²) in [5, 5.41) is 10.4. The Labute approximate surface area is 127 Å². The molecule has 0 bridgehead atoms. The maximum absolute atomic E-state index is 9.38. The van der Waals surface area contributed by atoms with Gasteiger partial charge < -0.3 is 4.74 Å². The molecule has 1 heterocycles. The first-order chi connectivity index (χ1) is 10.3. The van der Waals surface area contributed by atoms with Crippen molar-refractivity contribution >= 4 is 22.5 Å². The van der Waals surface area contributed by atoms with E-state index in [-0.39, 0.29) is 6.07 Å². The topological polar surface area (TPSA) is 45.9 Å². The number of alkyl halides is 1. The molecule has 0 saturated heterocycles. The fourth-order valence-corrected chi connectivity index (χ4v) is 2.40. The number of fused-ring (bicyclic) bond motifs is 1. The maximum Gasteiger partial charge on any atom is 0.162 e. The van der Waals surface area contributed by atoms with Gasteiger partial charge in [-0.1, -0.05) is 48.0 Å². The Hall–Kier alpha value is -2.57. The minimum absolute atomic E-state index is 0.0555. The Bertz CT molecular complexity index is 840. The highest BCUT2D eigenvalue weighted by atomic mass is 35.5. The van der Waals surface area contributed by atoms with Crippen molar-refractivity contribution in [1.82, 2.24) is 4.98 Å². The van der Waals surface area contributed by atoms with Crippen LogP contribution in [0.25, 0.3) is 22.0 Å². The quantitative estimate of drug-likeness (QED) is 0.675. The summed E-state index contributed by atoms with van der Waals surface area (Å²) in [6, 6.07) is 19.4. The molecule has 0 aliphatic rings. The van der Waals surface area contributed by atoms with Gasteiger partial charge in [-0.05, 0) is 18.2 Å². The van der Waals surface area contributed by atoms with E-state index in [1.165, 1.54) is 0 Å². The van der Waals surface area contributed by atoms with Gasteiger partial charge in [-0.3, -0.25) is 0 Å². The summed E-state index contributed by atoms with van der Waals surface area (Å²) in [4.78, 5) is 4.42. The van der Waals surface area contributed by atoms with Crippen molar-refractivity contribution in [3.05, 3.63) is 60.3 Å². The summed E-state index contributed by atoms with van der Waals surface area (Å²) >= 11 is 5.66. The van der Waals surface area contributed by atoms with Crippen LogP contribution in [0, 0.1) is 11.3 Å². The van der Waals surface area contributed by atoms with Gasteiger partial charge in [0.05, 0.1) is 5.52 Å². The number of ether oxygens (including phenoxy) is 1. The first-order valence-corrected chi connectivity index (χ1v) is 6.95. The summed E-state index contributed by atoms with van der Waals surface area (Å²) in [5.74, 6) is 0.640. The van der Waals surface area contributed by atoms with Gasteiger partial charge >= 0.3 is 0 Å². The predicted molar refractivity (Wildman–Crippen MR) is 83.2 cm³/mol. The van der Waals surface area contributed by atoms with Crippen LogP contribution >= 0.6 is 11.6 Å². The van der Waals surface area contributed by atoms with Crippen molar-refractivity contribution in [3.8, 4) is 22.9 Å². The average Bonchev–Trinajstić information content (AvgIpc) is 2.54. The predicted octanol–water partition coefficient (Wildman–Crippen LogP) is 4.35. The molecule has 1 aromatic heterocycles. The third kappa shape index (κ3) is 2.54. The number of hydrogen-bond acceptors (Lipinski definition) is 3. The van der Waals surface area contributed by atoms with Gasteiger partial charge in [-0.25, -0.2) is 4.98 Å². The normalized spacial score (nSPS) is 10.3. The number of halogens is 1. The number of nitrogens with zero attached hydrogens (tertiary/aromatic N) is 2. The van der Waals surface area contributed by atoms with Crippen LogP contribution in [0.4, 0.5) is 0 Å². The summed E-state index contributed by atoms with van der Waals surface area (Å²) in [6.07, 6.45) is 0. The lowest BCUT2D eigenvalue weighted by atomic mass is 10.0. The first-order valence-electron chi connectivity index (χ1n) is 6.41. The van der Waals surface area contributed by atoms with E-state index in [2.05, 4.69) is 11.1 Å². The molecule has 3 nitrogen and oxygen atoms in total. The average molecular weight is 295 g/mol. The van der Waals surface area contributed by atoms with E-state index in [4.69, 9.17) is 16.3 Å². The van der Waals surface area contributed by atoms with Crippen LogP contribution in [0.1, 0.15) is 5.69 Å². The molecular weight excluding hydrogens is 284 g/mol. The second kappa shape index (κ2) is 5.82. The molecule has 0 spiro atoms. The van der Waals surface area contributed by atoms with Gasteiger partial charge in [-0.2, -0.15) is 5.26 Å². The zero-order valence-electron chi connectivity index (χ0n) is 11.1. The number of hydrogen-bond donors (Lipinski definition) is 0. The third-order valence-corrected chi connectivity index (χ3v) is 3.33. The molecule has 0 aliphatic carbocycles. The third-order valence-electron chi connectivity index (χ3n) is 3.22. The molecule has 0 N–H and O–H groups in total. The first kappa shape index (κ1) is 13.4. The lowest BCUT2D eigenvalue weighted by Gasteiger charge is -2.11. The van der Waals surface area contributed by atoms with E-state index in [1.807, 2.05) is 54.6 Å². The van der Waals surface area contributed by atoms with Gasteiger partial charge in [0.2, 0.25) is 0 Å². The van der Waals surface area contributed by atoms with Crippen LogP contribution < -0.4 is 4.74 Å². The molecule has 0 atom stereocenters. The minimum Gasteiger partial charge on any atom is -0.477 e. The van der Waals surface area contributed by atoms with Crippen molar-refractivity contribution in [1.29, 1.82) is 5.26 Å². The van der Waals surface area contributed by atoms with E-state index in [0.717, 1.165) is 22.0 Å². The maximum atomic E-state index is 9.38. The zero-order valence-corrected chi connectivity index (χ0v) is 11.8. The van der Waals surface area contributed by atoms with Gasteiger partial charge in [0.25, 0.3) is 0 Å². The van der Waals surface area contributed by atoms with E-state index in [1.54, 1.807) is 0 Å². The molecule has 21 heavy (non-hydrogen) atoms. The highest BCUT2D eigenvalue weighted by Crippen LogP contribution is 2.33.